The first-order chi connectivity index (χ1) is 7.62. The van der Waals surface area contributed by atoms with Crippen molar-refractivity contribution in [3.05, 3.63) is 0 Å². The molecule has 0 aromatic carbocycles. The zero-order valence-electron chi connectivity index (χ0n) is 13.9. The van der Waals surface area contributed by atoms with Gasteiger partial charge in [0.25, 0.3) is 0 Å². The fourth-order valence-corrected chi connectivity index (χ4v) is 3.32. The first-order valence-electron chi connectivity index (χ1n) is 7.62. The van der Waals surface area contributed by atoms with E-state index in [1.165, 1.54) is 19.3 Å². The molecule has 1 rings (SSSR count). The molecule has 3 atom stereocenters. The largest absolute Gasteiger partial charge is 0.0683 e. The standard InChI is InChI=1S/C15H30.C2H6/c1-11-8-9-12(14(2,3)4)10-13(11)15(5,6)7;1-2/h11-13H,8-10H2,1-7H3;1-2H3. The van der Waals surface area contributed by atoms with E-state index in [1.54, 1.807) is 0 Å². The van der Waals surface area contributed by atoms with E-state index in [4.69, 9.17) is 0 Å². The van der Waals surface area contributed by atoms with Crippen molar-refractivity contribution in [3.63, 3.8) is 0 Å². The van der Waals surface area contributed by atoms with Crippen LogP contribution in [0.1, 0.15) is 81.6 Å². The summed E-state index contributed by atoms with van der Waals surface area (Å²) in [5.41, 5.74) is 0.993. The summed E-state index contributed by atoms with van der Waals surface area (Å²) in [7, 11) is 0. The van der Waals surface area contributed by atoms with Gasteiger partial charge in [-0.3, -0.25) is 0 Å². The van der Waals surface area contributed by atoms with Gasteiger partial charge >= 0.3 is 0 Å². The Morgan fingerprint density at radius 3 is 1.59 bits per heavy atom. The van der Waals surface area contributed by atoms with Crippen molar-refractivity contribution in [3.8, 4) is 0 Å². The maximum absolute atomic E-state index is 2.45. The summed E-state index contributed by atoms with van der Waals surface area (Å²) >= 11 is 0. The highest BCUT2D eigenvalue weighted by Gasteiger charge is 2.38. The molecule has 1 aliphatic rings. The lowest BCUT2D eigenvalue weighted by Gasteiger charge is -2.46. The summed E-state index contributed by atoms with van der Waals surface area (Å²) < 4.78 is 0. The third-order valence-corrected chi connectivity index (χ3v) is 4.53. The topological polar surface area (TPSA) is 0 Å². The molecule has 0 spiro atoms. The van der Waals surface area contributed by atoms with E-state index in [0.717, 1.165) is 17.8 Å². The molecule has 1 saturated carbocycles. The van der Waals surface area contributed by atoms with E-state index in [1.807, 2.05) is 13.8 Å². The molecule has 0 radical (unpaired) electrons. The smallest absolute Gasteiger partial charge is 0.0337 e. The molecule has 0 heteroatoms. The quantitative estimate of drug-likeness (QED) is 0.476. The fraction of sp³-hybridized carbons (Fsp3) is 1.00. The van der Waals surface area contributed by atoms with Crippen LogP contribution in [0.4, 0.5) is 0 Å². The highest BCUT2D eigenvalue weighted by atomic mass is 14.4. The van der Waals surface area contributed by atoms with Gasteiger partial charge in [0, 0.05) is 0 Å². The second-order valence-corrected chi connectivity index (χ2v) is 7.83. The summed E-state index contributed by atoms with van der Waals surface area (Å²) in [5, 5.41) is 0. The molecule has 3 unspecified atom stereocenters. The minimum absolute atomic E-state index is 0.489. The molecule has 0 aliphatic heterocycles. The summed E-state index contributed by atoms with van der Waals surface area (Å²) in [6.45, 7) is 20.9. The summed E-state index contributed by atoms with van der Waals surface area (Å²) in [4.78, 5) is 0. The SMILES string of the molecule is CC.CC1CCC(C(C)(C)C)CC1C(C)(C)C. The lowest BCUT2D eigenvalue weighted by molar-refractivity contribution is 0.0427. The average molecular weight is 240 g/mol. The van der Waals surface area contributed by atoms with Gasteiger partial charge in [0.2, 0.25) is 0 Å². The van der Waals surface area contributed by atoms with Gasteiger partial charge in [-0.2, -0.15) is 0 Å². The van der Waals surface area contributed by atoms with E-state index >= 15 is 0 Å². The molecule has 0 amide bonds. The van der Waals surface area contributed by atoms with Gasteiger partial charge < -0.3 is 0 Å². The van der Waals surface area contributed by atoms with Crippen molar-refractivity contribution in [2.45, 2.75) is 81.6 Å². The van der Waals surface area contributed by atoms with Crippen molar-refractivity contribution >= 4 is 0 Å². The van der Waals surface area contributed by atoms with Gasteiger partial charge in [-0.15, -0.1) is 0 Å². The van der Waals surface area contributed by atoms with Gasteiger partial charge in [-0.1, -0.05) is 68.7 Å². The van der Waals surface area contributed by atoms with Crippen molar-refractivity contribution in [2.24, 2.45) is 28.6 Å². The van der Waals surface area contributed by atoms with Crippen LogP contribution in [0.3, 0.4) is 0 Å². The molecule has 0 aromatic rings. The van der Waals surface area contributed by atoms with Crippen LogP contribution in [0.15, 0.2) is 0 Å². The number of hydrogen-bond donors (Lipinski definition) is 0. The zero-order chi connectivity index (χ0) is 13.9. The van der Waals surface area contributed by atoms with Crippen LogP contribution < -0.4 is 0 Å². The maximum atomic E-state index is 2.45. The first-order valence-corrected chi connectivity index (χ1v) is 7.62. The van der Waals surface area contributed by atoms with Gasteiger partial charge in [-0.25, -0.2) is 0 Å². The Bertz CT molecular complexity index is 201. The van der Waals surface area contributed by atoms with Crippen LogP contribution in [0.5, 0.6) is 0 Å². The van der Waals surface area contributed by atoms with Gasteiger partial charge in [-0.05, 0) is 41.4 Å². The lowest BCUT2D eigenvalue weighted by Crippen LogP contribution is -2.36. The van der Waals surface area contributed by atoms with E-state index < -0.39 is 0 Å². The number of hydrogen-bond acceptors (Lipinski definition) is 0. The van der Waals surface area contributed by atoms with E-state index in [9.17, 15) is 0 Å². The molecule has 0 heterocycles. The van der Waals surface area contributed by atoms with Crippen molar-refractivity contribution in [1.82, 2.24) is 0 Å². The van der Waals surface area contributed by atoms with Gasteiger partial charge in [0.1, 0.15) is 0 Å². The minimum atomic E-state index is 0.489. The highest BCUT2D eigenvalue weighted by Crippen LogP contribution is 2.48. The Hall–Kier alpha value is 0. The van der Waals surface area contributed by atoms with E-state index in [0.29, 0.717) is 10.8 Å². The van der Waals surface area contributed by atoms with Crippen LogP contribution in [0, 0.1) is 28.6 Å². The molecule has 1 fully saturated rings. The second-order valence-electron chi connectivity index (χ2n) is 7.83. The third kappa shape index (κ3) is 5.02. The summed E-state index contributed by atoms with van der Waals surface area (Å²) in [6.07, 6.45) is 4.31. The molecular formula is C17H36. The van der Waals surface area contributed by atoms with Crippen LogP contribution in [0.2, 0.25) is 0 Å². The van der Waals surface area contributed by atoms with Gasteiger partial charge in [0.05, 0.1) is 0 Å². The van der Waals surface area contributed by atoms with Gasteiger partial charge in [0.15, 0.2) is 0 Å². The molecular weight excluding hydrogens is 204 g/mol. The Morgan fingerprint density at radius 1 is 0.765 bits per heavy atom. The van der Waals surface area contributed by atoms with E-state index in [-0.39, 0.29) is 0 Å². The van der Waals surface area contributed by atoms with Crippen molar-refractivity contribution in [2.75, 3.05) is 0 Å². The van der Waals surface area contributed by atoms with E-state index in [2.05, 4.69) is 48.5 Å². The Labute approximate surface area is 111 Å². The average Bonchev–Trinajstić information content (AvgIpc) is 2.17. The molecule has 0 aromatic heterocycles. The Balaban J connectivity index is 0.00000121. The fourth-order valence-electron chi connectivity index (χ4n) is 3.32. The second kappa shape index (κ2) is 6.25. The summed E-state index contributed by atoms with van der Waals surface area (Å²) in [6, 6.07) is 0. The summed E-state index contributed by atoms with van der Waals surface area (Å²) in [5.74, 6) is 2.76. The normalized spacial score (nSPS) is 30.5. The predicted octanol–water partition coefficient (Wildman–Crippen LogP) is 6.16. The Morgan fingerprint density at radius 2 is 1.24 bits per heavy atom. The van der Waals surface area contributed by atoms with Crippen molar-refractivity contribution in [1.29, 1.82) is 0 Å². The molecule has 0 saturated heterocycles. The molecule has 1 aliphatic carbocycles. The van der Waals surface area contributed by atoms with Crippen molar-refractivity contribution < 1.29 is 0 Å². The zero-order valence-corrected chi connectivity index (χ0v) is 13.9. The predicted molar refractivity (Wildman–Crippen MR) is 80.3 cm³/mol. The molecule has 0 nitrogen and oxygen atoms in total. The molecule has 17 heavy (non-hydrogen) atoms. The number of rotatable bonds is 0. The maximum Gasteiger partial charge on any atom is -0.0337 e. The first kappa shape index (κ1) is 17.0. The minimum Gasteiger partial charge on any atom is -0.0683 e. The van der Waals surface area contributed by atoms with Crippen LogP contribution >= 0.6 is 0 Å². The lowest BCUT2D eigenvalue weighted by atomic mass is 9.60. The third-order valence-electron chi connectivity index (χ3n) is 4.53. The van der Waals surface area contributed by atoms with Crippen LogP contribution in [0.25, 0.3) is 0 Å². The highest BCUT2D eigenvalue weighted by molar-refractivity contribution is 4.88. The monoisotopic (exact) mass is 240 g/mol. The Kier molecular flexibility index (Phi) is 6.25. The molecule has 104 valence electrons. The molecule has 0 bridgehead atoms. The molecule has 0 N–H and O–H groups in total. The van der Waals surface area contributed by atoms with Crippen LogP contribution in [-0.2, 0) is 0 Å². The van der Waals surface area contributed by atoms with Crippen LogP contribution in [-0.4, -0.2) is 0 Å².